The number of hydrogen-bond acceptors (Lipinski definition) is 8. The van der Waals surface area contributed by atoms with Crippen LogP contribution in [-0.2, 0) is 14.8 Å². The Hall–Kier alpha value is -4.16. The van der Waals surface area contributed by atoms with Crippen LogP contribution in [0.4, 0.5) is 4.79 Å². The Kier molecular flexibility index (Phi) is 7.79. The summed E-state index contributed by atoms with van der Waals surface area (Å²) in [6.45, 7) is 12.5. The molecule has 1 aromatic carbocycles. The average molecular weight is 705 g/mol. The van der Waals surface area contributed by atoms with E-state index in [9.17, 15) is 13.2 Å². The van der Waals surface area contributed by atoms with Crippen molar-refractivity contribution in [1.29, 1.82) is 0 Å². The van der Waals surface area contributed by atoms with Crippen LogP contribution >= 0.6 is 11.6 Å². The zero-order valence-electron chi connectivity index (χ0n) is 28.8. The van der Waals surface area contributed by atoms with Gasteiger partial charge in [0, 0.05) is 58.0 Å². The van der Waals surface area contributed by atoms with E-state index in [4.69, 9.17) is 26.2 Å². The summed E-state index contributed by atoms with van der Waals surface area (Å²) in [6, 6.07) is 9.49. The number of likely N-dealkylation sites (tertiary alicyclic amines) is 1. The summed E-state index contributed by atoms with van der Waals surface area (Å²) in [5, 5.41) is 10.8. The standard InChI is InChI=1S/C36H41ClN6O5S/c1-22-28(37)11-9-15-35(22,6)49(45,46)43-29-12-8-10-26(27(29)19-39-43)31-23(2)42(40-32(31)24-13-14-30(47-7)38-18-24)25-16-36(17-25)20-41(21-36)33(44)48-34(3,4)5/h8-14,18-19,25H,15-17,20-21H2,1-7H3. The fourth-order valence-corrected chi connectivity index (χ4v) is 9.60. The van der Waals surface area contributed by atoms with Crippen LogP contribution in [0.2, 0.25) is 0 Å². The molecule has 49 heavy (non-hydrogen) atoms. The largest absolute Gasteiger partial charge is 0.481 e. The molecule has 4 aromatic rings. The fourth-order valence-electron chi connectivity index (χ4n) is 7.47. The predicted octanol–water partition coefficient (Wildman–Crippen LogP) is 7.26. The first-order chi connectivity index (χ1) is 23.1. The maximum Gasteiger partial charge on any atom is 0.410 e. The maximum absolute atomic E-state index is 14.3. The van der Waals surface area contributed by atoms with E-state index < -0.39 is 20.4 Å². The number of aromatic nitrogens is 5. The molecule has 0 radical (unpaired) electrons. The van der Waals surface area contributed by atoms with E-state index in [1.807, 2.05) is 45.9 Å². The molecule has 0 N–H and O–H groups in total. The molecular formula is C36H41ClN6O5S. The third kappa shape index (κ3) is 5.34. The molecule has 11 nitrogen and oxygen atoms in total. The minimum absolute atomic E-state index is 0.0529. The number of benzene rings is 1. The van der Waals surface area contributed by atoms with Gasteiger partial charge in [-0.05, 0) is 90.2 Å². The van der Waals surface area contributed by atoms with Gasteiger partial charge in [0.15, 0.2) is 0 Å². The summed E-state index contributed by atoms with van der Waals surface area (Å²) in [6.07, 6.45) is 8.69. The molecule has 3 aromatic heterocycles. The van der Waals surface area contributed by atoms with Gasteiger partial charge in [0.05, 0.1) is 24.9 Å². The van der Waals surface area contributed by atoms with Gasteiger partial charge in [0.2, 0.25) is 5.88 Å². The molecule has 2 aliphatic carbocycles. The molecule has 7 rings (SSSR count). The number of pyridine rings is 1. The summed E-state index contributed by atoms with van der Waals surface area (Å²) in [4.78, 5) is 18.8. The smallest absolute Gasteiger partial charge is 0.410 e. The average Bonchev–Trinajstić information content (AvgIpc) is 3.59. The van der Waals surface area contributed by atoms with Gasteiger partial charge in [-0.2, -0.15) is 14.3 Å². The number of ether oxygens (including phenoxy) is 2. The summed E-state index contributed by atoms with van der Waals surface area (Å²) in [7, 11) is -2.43. The zero-order chi connectivity index (χ0) is 35.1. The lowest BCUT2D eigenvalue weighted by atomic mass is 9.61. The minimum Gasteiger partial charge on any atom is -0.481 e. The summed E-state index contributed by atoms with van der Waals surface area (Å²) >= 11 is 6.43. The van der Waals surface area contributed by atoms with Crippen molar-refractivity contribution in [2.45, 2.75) is 77.2 Å². The van der Waals surface area contributed by atoms with Gasteiger partial charge >= 0.3 is 6.09 Å². The number of rotatable bonds is 6. The number of amides is 1. The molecule has 13 heteroatoms. The van der Waals surface area contributed by atoms with Crippen LogP contribution in [0.3, 0.4) is 0 Å². The highest BCUT2D eigenvalue weighted by Crippen LogP contribution is 2.55. The lowest BCUT2D eigenvalue weighted by molar-refractivity contribution is -0.0930. The zero-order valence-corrected chi connectivity index (χ0v) is 30.4. The highest BCUT2D eigenvalue weighted by molar-refractivity contribution is 7.91. The number of carbonyl (C=O) groups excluding carboxylic acids is 1. The van der Waals surface area contributed by atoms with E-state index in [0.29, 0.717) is 40.5 Å². The summed E-state index contributed by atoms with van der Waals surface area (Å²) < 4.78 is 41.4. The van der Waals surface area contributed by atoms with Gasteiger partial charge in [-0.15, -0.1) is 0 Å². The Labute approximate surface area is 291 Å². The van der Waals surface area contributed by atoms with E-state index in [1.54, 1.807) is 62.5 Å². The Morgan fingerprint density at radius 2 is 1.82 bits per heavy atom. The van der Waals surface area contributed by atoms with Crippen molar-refractivity contribution >= 4 is 38.6 Å². The molecule has 1 spiro atoms. The third-order valence-corrected chi connectivity index (χ3v) is 13.1. The number of methoxy groups -OCH3 is 1. The van der Waals surface area contributed by atoms with Crippen molar-refractivity contribution in [3.05, 3.63) is 71.2 Å². The summed E-state index contributed by atoms with van der Waals surface area (Å²) in [5.41, 5.74) is 4.77. The number of allylic oxidation sites excluding steroid dienone is 3. The van der Waals surface area contributed by atoms with Gasteiger partial charge < -0.3 is 14.4 Å². The van der Waals surface area contributed by atoms with E-state index in [-0.39, 0.29) is 24.0 Å². The first-order valence-corrected chi connectivity index (χ1v) is 18.2. The van der Waals surface area contributed by atoms with Crippen molar-refractivity contribution in [3.63, 3.8) is 0 Å². The molecule has 1 atom stereocenters. The van der Waals surface area contributed by atoms with Crippen LogP contribution in [0.5, 0.6) is 5.88 Å². The van der Waals surface area contributed by atoms with Crippen molar-refractivity contribution < 1.29 is 22.7 Å². The quantitative estimate of drug-likeness (QED) is 0.206. The number of carbonyl (C=O) groups is 1. The number of halogens is 1. The molecule has 1 amide bonds. The van der Waals surface area contributed by atoms with Crippen LogP contribution in [0.25, 0.3) is 33.3 Å². The van der Waals surface area contributed by atoms with Crippen molar-refractivity contribution in [3.8, 4) is 28.3 Å². The Balaban J connectivity index is 1.27. The highest BCUT2D eigenvalue weighted by Gasteiger charge is 2.55. The Bertz CT molecular complexity index is 2150. The van der Waals surface area contributed by atoms with Crippen LogP contribution < -0.4 is 4.74 Å². The van der Waals surface area contributed by atoms with Crippen LogP contribution in [0.1, 0.15) is 65.6 Å². The molecule has 258 valence electrons. The topological polar surface area (TPSA) is 121 Å². The predicted molar refractivity (Wildman–Crippen MR) is 189 cm³/mol. The number of nitrogens with zero attached hydrogens (tertiary/aromatic N) is 6. The minimum atomic E-state index is -4.01. The van der Waals surface area contributed by atoms with E-state index in [0.717, 1.165) is 45.0 Å². The van der Waals surface area contributed by atoms with Crippen molar-refractivity contribution in [1.82, 2.24) is 28.9 Å². The van der Waals surface area contributed by atoms with E-state index in [1.165, 1.54) is 0 Å². The molecule has 1 unspecified atom stereocenters. The van der Waals surface area contributed by atoms with E-state index >= 15 is 0 Å². The molecule has 1 aliphatic heterocycles. The second-order valence-corrected chi connectivity index (χ2v) is 17.4. The lowest BCUT2D eigenvalue weighted by Gasteiger charge is -2.58. The van der Waals surface area contributed by atoms with Gasteiger partial charge in [-0.3, -0.25) is 4.68 Å². The molecule has 1 saturated carbocycles. The van der Waals surface area contributed by atoms with Crippen LogP contribution in [0.15, 0.2) is 65.5 Å². The highest BCUT2D eigenvalue weighted by atomic mass is 35.5. The Morgan fingerprint density at radius 3 is 2.47 bits per heavy atom. The summed E-state index contributed by atoms with van der Waals surface area (Å²) in [5.74, 6) is 0.492. The van der Waals surface area contributed by atoms with Gasteiger partial charge in [0.1, 0.15) is 16.0 Å². The molecule has 1 saturated heterocycles. The molecule has 0 bridgehead atoms. The van der Waals surface area contributed by atoms with Gasteiger partial charge in [-0.1, -0.05) is 29.8 Å². The van der Waals surface area contributed by atoms with Crippen LogP contribution in [0, 0.1) is 12.3 Å². The van der Waals surface area contributed by atoms with E-state index in [2.05, 4.69) is 14.8 Å². The third-order valence-electron chi connectivity index (χ3n) is 10.3. The first-order valence-electron chi connectivity index (χ1n) is 16.4. The monoisotopic (exact) mass is 704 g/mol. The normalized spacial score (nSPS) is 20.9. The maximum atomic E-state index is 14.3. The molecular weight excluding hydrogens is 664 g/mol. The van der Waals surface area contributed by atoms with Crippen molar-refractivity contribution in [2.75, 3.05) is 20.2 Å². The second kappa shape index (κ2) is 11.4. The SMILES string of the molecule is COc1ccc(-c2nn(C3CC4(C3)CN(C(=O)OC(C)(C)C)C4)c(C)c2-c2cccc3c2cnn3S(=O)(=O)C2(C)CC=CC(Cl)=C2C)cn1. The number of fused-ring (bicyclic) bond motifs is 1. The van der Waals surface area contributed by atoms with Crippen LogP contribution in [-0.4, -0.2) is 73.9 Å². The van der Waals surface area contributed by atoms with Gasteiger partial charge in [0.25, 0.3) is 10.0 Å². The fraction of sp³-hybridized carbons (Fsp3) is 0.444. The molecule has 2 fully saturated rings. The van der Waals surface area contributed by atoms with Gasteiger partial charge in [-0.25, -0.2) is 18.2 Å². The van der Waals surface area contributed by atoms with Crippen molar-refractivity contribution in [2.24, 2.45) is 5.41 Å². The second-order valence-electron chi connectivity index (χ2n) is 14.8. The molecule has 3 aliphatic rings. The number of hydrogen-bond donors (Lipinski definition) is 0. The first kappa shape index (κ1) is 33.3. The lowest BCUT2D eigenvalue weighted by Crippen LogP contribution is -2.64. The molecule has 4 heterocycles. The Morgan fingerprint density at radius 1 is 1.08 bits per heavy atom.